The first-order valence-electron chi connectivity index (χ1n) is 9.47. The number of benzene rings is 2. The molecular formula is C22H23ClFNO4. The molecule has 0 saturated heterocycles. The Labute approximate surface area is 174 Å². The molecule has 154 valence electrons. The van der Waals surface area contributed by atoms with Crippen molar-refractivity contribution in [1.29, 1.82) is 0 Å². The van der Waals surface area contributed by atoms with Gasteiger partial charge in [0.25, 0.3) is 5.91 Å². The topological polar surface area (TPSA) is 64.6 Å². The first-order chi connectivity index (χ1) is 13.9. The number of esters is 1. The molecule has 2 aromatic carbocycles. The quantitative estimate of drug-likeness (QED) is 0.678. The molecule has 0 spiro atoms. The van der Waals surface area contributed by atoms with Gasteiger partial charge in [-0.1, -0.05) is 36.6 Å². The fraction of sp³-hybridized carbons (Fsp3) is 0.364. The van der Waals surface area contributed by atoms with Crippen LogP contribution in [0, 0.1) is 5.82 Å². The van der Waals surface area contributed by atoms with Gasteiger partial charge in [-0.2, -0.15) is 0 Å². The third-order valence-corrected chi connectivity index (χ3v) is 5.55. The van der Waals surface area contributed by atoms with E-state index in [0.717, 1.165) is 12.8 Å². The van der Waals surface area contributed by atoms with Crippen LogP contribution in [-0.4, -0.2) is 25.1 Å². The van der Waals surface area contributed by atoms with Crippen molar-refractivity contribution in [1.82, 2.24) is 0 Å². The molecule has 1 saturated carbocycles. The number of ether oxygens (including phenoxy) is 2. The zero-order valence-corrected chi connectivity index (χ0v) is 17.1. The van der Waals surface area contributed by atoms with Crippen LogP contribution in [0.3, 0.4) is 0 Å². The van der Waals surface area contributed by atoms with Gasteiger partial charge in [0.05, 0.1) is 18.2 Å². The summed E-state index contributed by atoms with van der Waals surface area (Å²) in [5.74, 6) is -0.883. The molecule has 1 aliphatic carbocycles. The average Bonchev–Trinajstić information content (AvgIpc) is 3.20. The molecule has 0 aromatic heterocycles. The minimum absolute atomic E-state index is 0.363. The number of hydrogen-bond donors (Lipinski definition) is 1. The summed E-state index contributed by atoms with van der Waals surface area (Å²) in [5, 5.41) is 3.12. The SMILES string of the molecule is COc1ccc(Cl)cc1NC(=O)[C@H](C)OC(=O)C1(c2ccc(F)cc2)CCCC1. The van der Waals surface area contributed by atoms with Crippen molar-refractivity contribution in [2.75, 3.05) is 12.4 Å². The fourth-order valence-corrected chi connectivity index (χ4v) is 3.87. The van der Waals surface area contributed by atoms with Crippen LogP contribution in [0.15, 0.2) is 42.5 Å². The van der Waals surface area contributed by atoms with Crippen molar-refractivity contribution in [3.8, 4) is 5.75 Å². The Morgan fingerprint density at radius 2 is 1.79 bits per heavy atom. The zero-order valence-electron chi connectivity index (χ0n) is 16.3. The van der Waals surface area contributed by atoms with Crippen molar-refractivity contribution < 1.29 is 23.5 Å². The molecule has 0 radical (unpaired) electrons. The smallest absolute Gasteiger partial charge is 0.317 e. The molecule has 7 heteroatoms. The Balaban J connectivity index is 1.74. The standard InChI is InChI=1S/C22H23ClFNO4/c1-14(20(26)25-18-13-16(23)7-10-19(18)28-2)29-21(27)22(11-3-4-12-22)15-5-8-17(24)9-6-15/h5-10,13-14H,3-4,11-12H2,1-2H3,(H,25,26)/t14-/m0/s1. The second-order valence-electron chi connectivity index (χ2n) is 7.18. The molecule has 3 rings (SSSR count). The maximum Gasteiger partial charge on any atom is 0.317 e. The lowest BCUT2D eigenvalue weighted by Crippen LogP contribution is -2.39. The molecule has 2 aromatic rings. The lowest BCUT2D eigenvalue weighted by atomic mass is 9.79. The monoisotopic (exact) mass is 419 g/mol. The highest BCUT2D eigenvalue weighted by molar-refractivity contribution is 6.31. The zero-order chi connectivity index (χ0) is 21.0. The largest absolute Gasteiger partial charge is 0.495 e. The molecule has 5 nitrogen and oxygen atoms in total. The van der Waals surface area contributed by atoms with E-state index in [0.29, 0.717) is 34.9 Å². The first kappa shape index (κ1) is 21.1. The average molecular weight is 420 g/mol. The highest BCUT2D eigenvalue weighted by atomic mass is 35.5. The summed E-state index contributed by atoms with van der Waals surface area (Å²) in [7, 11) is 1.48. The van der Waals surface area contributed by atoms with Crippen LogP contribution in [0.1, 0.15) is 38.2 Å². The van der Waals surface area contributed by atoms with Crippen molar-refractivity contribution in [2.24, 2.45) is 0 Å². The number of nitrogens with one attached hydrogen (secondary N) is 1. The number of halogens is 2. The summed E-state index contributed by atoms with van der Waals surface area (Å²) < 4.78 is 24.1. The van der Waals surface area contributed by atoms with E-state index in [4.69, 9.17) is 21.1 Å². The van der Waals surface area contributed by atoms with Gasteiger partial charge in [-0.25, -0.2) is 4.39 Å². The fourth-order valence-electron chi connectivity index (χ4n) is 3.70. The van der Waals surface area contributed by atoms with Gasteiger partial charge in [0.15, 0.2) is 6.10 Å². The molecule has 1 N–H and O–H groups in total. The van der Waals surface area contributed by atoms with Gasteiger partial charge in [-0.05, 0) is 55.7 Å². The Morgan fingerprint density at radius 3 is 2.41 bits per heavy atom. The summed E-state index contributed by atoms with van der Waals surface area (Å²) in [5.41, 5.74) is 0.253. The number of carbonyl (C=O) groups is 2. The third kappa shape index (κ3) is 4.53. The number of anilines is 1. The third-order valence-electron chi connectivity index (χ3n) is 5.32. The highest BCUT2D eigenvalue weighted by Crippen LogP contribution is 2.42. The molecule has 1 fully saturated rings. The van der Waals surface area contributed by atoms with Crippen LogP contribution in [0.4, 0.5) is 10.1 Å². The molecule has 1 atom stereocenters. The molecule has 1 amide bonds. The molecule has 0 unspecified atom stereocenters. The summed E-state index contributed by atoms with van der Waals surface area (Å²) >= 11 is 5.99. The van der Waals surface area contributed by atoms with Gasteiger partial charge >= 0.3 is 5.97 Å². The molecule has 1 aliphatic rings. The van der Waals surface area contributed by atoms with Crippen molar-refractivity contribution in [3.05, 3.63) is 58.9 Å². The van der Waals surface area contributed by atoms with E-state index in [-0.39, 0.29) is 5.82 Å². The van der Waals surface area contributed by atoms with E-state index in [1.165, 1.54) is 26.2 Å². The van der Waals surface area contributed by atoms with E-state index in [2.05, 4.69) is 5.32 Å². The molecule has 0 bridgehead atoms. The number of amides is 1. The summed E-state index contributed by atoms with van der Waals surface area (Å²) in [6.45, 7) is 1.51. The van der Waals surface area contributed by atoms with E-state index >= 15 is 0 Å². The maximum absolute atomic E-state index is 13.3. The van der Waals surface area contributed by atoms with Gasteiger partial charge in [0.1, 0.15) is 11.6 Å². The predicted molar refractivity (Wildman–Crippen MR) is 109 cm³/mol. The molecule has 29 heavy (non-hydrogen) atoms. The van der Waals surface area contributed by atoms with Crippen LogP contribution in [0.25, 0.3) is 0 Å². The van der Waals surface area contributed by atoms with E-state index in [1.54, 1.807) is 30.3 Å². The summed E-state index contributed by atoms with van der Waals surface area (Å²) in [4.78, 5) is 25.6. The number of hydrogen-bond acceptors (Lipinski definition) is 4. The van der Waals surface area contributed by atoms with Gasteiger partial charge < -0.3 is 14.8 Å². The number of carbonyl (C=O) groups excluding carboxylic acids is 2. The Bertz CT molecular complexity index is 894. The van der Waals surface area contributed by atoms with Crippen LogP contribution >= 0.6 is 11.6 Å². The second kappa shape index (κ2) is 8.82. The van der Waals surface area contributed by atoms with Gasteiger partial charge in [0.2, 0.25) is 0 Å². The minimum atomic E-state index is -1.02. The minimum Gasteiger partial charge on any atom is -0.495 e. The van der Waals surface area contributed by atoms with E-state index < -0.39 is 23.4 Å². The summed E-state index contributed by atoms with van der Waals surface area (Å²) in [6.07, 6.45) is 1.92. The van der Waals surface area contributed by atoms with Gasteiger partial charge in [-0.15, -0.1) is 0 Å². The maximum atomic E-state index is 13.3. The number of rotatable bonds is 6. The van der Waals surface area contributed by atoms with Crippen LogP contribution in [0.2, 0.25) is 5.02 Å². The normalized spacial score (nSPS) is 16.1. The van der Waals surface area contributed by atoms with Crippen LogP contribution in [-0.2, 0) is 19.7 Å². The van der Waals surface area contributed by atoms with Crippen molar-refractivity contribution >= 4 is 29.2 Å². The van der Waals surface area contributed by atoms with E-state index in [9.17, 15) is 14.0 Å². The predicted octanol–water partition coefficient (Wildman–Crippen LogP) is 4.87. The van der Waals surface area contributed by atoms with Gasteiger partial charge in [-0.3, -0.25) is 9.59 Å². The molecule has 0 aliphatic heterocycles. The van der Waals surface area contributed by atoms with Crippen LogP contribution < -0.4 is 10.1 Å². The lowest BCUT2D eigenvalue weighted by molar-refractivity contribution is -0.159. The van der Waals surface area contributed by atoms with Crippen LogP contribution in [0.5, 0.6) is 5.75 Å². The second-order valence-corrected chi connectivity index (χ2v) is 7.61. The lowest BCUT2D eigenvalue weighted by Gasteiger charge is -2.28. The Hall–Kier alpha value is -2.60. The Kier molecular flexibility index (Phi) is 6.42. The molecule has 0 heterocycles. The van der Waals surface area contributed by atoms with Gasteiger partial charge in [0, 0.05) is 5.02 Å². The van der Waals surface area contributed by atoms with E-state index in [1.807, 2.05) is 0 Å². The highest BCUT2D eigenvalue weighted by Gasteiger charge is 2.45. The molecular weight excluding hydrogens is 397 g/mol. The number of methoxy groups -OCH3 is 1. The Morgan fingerprint density at radius 1 is 1.14 bits per heavy atom. The van der Waals surface area contributed by atoms with Crippen molar-refractivity contribution in [3.63, 3.8) is 0 Å². The van der Waals surface area contributed by atoms with Crippen molar-refractivity contribution in [2.45, 2.75) is 44.1 Å². The first-order valence-corrected chi connectivity index (χ1v) is 9.85. The summed E-state index contributed by atoms with van der Waals surface area (Å²) in [6, 6.07) is 10.7.